The zero-order valence-corrected chi connectivity index (χ0v) is 18.6. The summed E-state index contributed by atoms with van der Waals surface area (Å²) in [5, 5.41) is 2.89. The number of anilines is 2. The molecule has 0 aliphatic carbocycles. The number of carbonyl (C=O) groups excluding carboxylic acids is 1. The van der Waals surface area contributed by atoms with Crippen LogP contribution in [0.25, 0.3) is 0 Å². The highest BCUT2D eigenvalue weighted by Gasteiger charge is 2.18. The van der Waals surface area contributed by atoms with E-state index in [1.54, 1.807) is 42.5 Å². The molecule has 1 heterocycles. The molecule has 7 heteroatoms. The fraction of sp³-hybridized carbons (Fsp3) is 0.240. The maximum absolute atomic E-state index is 12.8. The smallest absolute Gasteiger partial charge is 0.261 e. The molecule has 1 amide bonds. The van der Waals surface area contributed by atoms with Crippen molar-refractivity contribution >= 4 is 27.3 Å². The maximum atomic E-state index is 12.8. The molecule has 32 heavy (non-hydrogen) atoms. The van der Waals surface area contributed by atoms with Gasteiger partial charge in [-0.2, -0.15) is 0 Å². The van der Waals surface area contributed by atoms with E-state index in [4.69, 9.17) is 0 Å². The van der Waals surface area contributed by atoms with Crippen LogP contribution in [0.2, 0.25) is 0 Å². The first kappa shape index (κ1) is 21.9. The van der Waals surface area contributed by atoms with E-state index < -0.39 is 10.0 Å². The van der Waals surface area contributed by atoms with Crippen molar-refractivity contribution in [1.82, 2.24) is 5.32 Å². The summed E-state index contributed by atoms with van der Waals surface area (Å²) in [6, 6.07) is 22.9. The summed E-state index contributed by atoms with van der Waals surface area (Å²) in [5.41, 5.74) is 2.72. The minimum atomic E-state index is -3.79. The lowest BCUT2D eigenvalue weighted by Crippen LogP contribution is -2.29. The molecule has 1 saturated heterocycles. The highest BCUT2D eigenvalue weighted by Crippen LogP contribution is 2.22. The van der Waals surface area contributed by atoms with Crippen LogP contribution in [0.1, 0.15) is 35.2 Å². The molecule has 0 spiro atoms. The minimum absolute atomic E-state index is 0.143. The van der Waals surface area contributed by atoms with Crippen LogP contribution in [-0.4, -0.2) is 27.4 Å². The lowest BCUT2D eigenvalue weighted by Gasteiger charge is -2.28. The second-order valence-electron chi connectivity index (χ2n) is 7.86. The van der Waals surface area contributed by atoms with Crippen molar-refractivity contribution in [2.75, 3.05) is 22.7 Å². The van der Waals surface area contributed by atoms with E-state index in [1.165, 1.54) is 37.1 Å². The molecule has 6 nitrogen and oxygen atoms in total. The highest BCUT2D eigenvalue weighted by atomic mass is 32.2. The van der Waals surface area contributed by atoms with Gasteiger partial charge in [0.2, 0.25) is 0 Å². The number of nitrogens with one attached hydrogen (secondary N) is 2. The molecule has 3 aromatic rings. The molecule has 0 bridgehead atoms. The van der Waals surface area contributed by atoms with Crippen molar-refractivity contribution in [3.63, 3.8) is 0 Å². The van der Waals surface area contributed by atoms with E-state index in [0.717, 1.165) is 18.7 Å². The predicted molar refractivity (Wildman–Crippen MR) is 127 cm³/mol. The van der Waals surface area contributed by atoms with E-state index in [2.05, 4.69) is 27.1 Å². The number of benzene rings is 3. The Hall–Kier alpha value is -3.32. The Bertz CT molecular complexity index is 1160. The van der Waals surface area contributed by atoms with Crippen LogP contribution in [0, 0.1) is 0 Å². The lowest BCUT2D eigenvalue weighted by molar-refractivity contribution is 0.0952. The molecule has 0 unspecified atom stereocenters. The summed E-state index contributed by atoms with van der Waals surface area (Å²) in [4.78, 5) is 15.4. The topological polar surface area (TPSA) is 78.5 Å². The standard InChI is InChI=1S/C25H27N3O3S/c29-25(26-19-20-13-15-21(16-14-20)28-17-7-2-8-18-28)23-11-5-6-12-24(23)27-32(30,31)22-9-3-1-4-10-22/h1,3-6,9-16,27H,2,7-8,17-19H2,(H,26,29). The van der Waals surface area contributed by atoms with Gasteiger partial charge < -0.3 is 10.2 Å². The molecule has 4 rings (SSSR count). The average Bonchev–Trinajstić information content (AvgIpc) is 2.84. The number of nitrogens with zero attached hydrogens (tertiary/aromatic N) is 1. The van der Waals surface area contributed by atoms with E-state index >= 15 is 0 Å². The Morgan fingerprint density at radius 2 is 1.47 bits per heavy atom. The van der Waals surface area contributed by atoms with Crippen molar-refractivity contribution in [3.05, 3.63) is 90.0 Å². The zero-order valence-electron chi connectivity index (χ0n) is 17.8. The van der Waals surface area contributed by atoms with Gasteiger partial charge in [0.1, 0.15) is 0 Å². The predicted octanol–water partition coefficient (Wildman–Crippen LogP) is 4.41. The van der Waals surface area contributed by atoms with Crippen molar-refractivity contribution in [3.8, 4) is 0 Å². The largest absolute Gasteiger partial charge is 0.372 e. The number of sulfonamides is 1. The van der Waals surface area contributed by atoms with Gasteiger partial charge in [0.25, 0.3) is 15.9 Å². The second-order valence-corrected chi connectivity index (χ2v) is 9.54. The molecular formula is C25H27N3O3S. The first-order valence-electron chi connectivity index (χ1n) is 10.8. The summed E-state index contributed by atoms with van der Waals surface area (Å²) in [7, 11) is -3.79. The molecule has 2 N–H and O–H groups in total. The minimum Gasteiger partial charge on any atom is -0.372 e. The number of rotatable bonds is 7. The molecule has 0 saturated carbocycles. The molecule has 0 aromatic heterocycles. The fourth-order valence-electron chi connectivity index (χ4n) is 3.83. The monoisotopic (exact) mass is 449 g/mol. The quantitative estimate of drug-likeness (QED) is 0.560. The van der Waals surface area contributed by atoms with Gasteiger partial charge in [-0.1, -0.05) is 42.5 Å². The number of carbonyl (C=O) groups is 1. The Kier molecular flexibility index (Phi) is 6.75. The number of amides is 1. The van der Waals surface area contributed by atoms with Crippen LogP contribution in [-0.2, 0) is 16.6 Å². The molecule has 3 aromatic carbocycles. The van der Waals surface area contributed by atoms with Gasteiger partial charge in [0.05, 0.1) is 16.1 Å². The van der Waals surface area contributed by atoms with Crippen molar-refractivity contribution in [2.45, 2.75) is 30.7 Å². The van der Waals surface area contributed by atoms with Crippen LogP contribution in [0.3, 0.4) is 0 Å². The van der Waals surface area contributed by atoms with Gasteiger partial charge in [-0.3, -0.25) is 9.52 Å². The van der Waals surface area contributed by atoms with E-state index in [-0.39, 0.29) is 22.1 Å². The van der Waals surface area contributed by atoms with Gasteiger partial charge >= 0.3 is 0 Å². The van der Waals surface area contributed by atoms with E-state index in [0.29, 0.717) is 6.54 Å². The van der Waals surface area contributed by atoms with Gasteiger partial charge in [-0.25, -0.2) is 8.42 Å². The molecule has 166 valence electrons. The first-order chi connectivity index (χ1) is 15.5. The molecule has 1 aliphatic heterocycles. The van der Waals surface area contributed by atoms with Crippen molar-refractivity contribution < 1.29 is 13.2 Å². The van der Waals surface area contributed by atoms with Crippen LogP contribution in [0.15, 0.2) is 83.8 Å². The Morgan fingerprint density at radius 1 is 0.812 bits per heavy atom. The summed E-state index contributed by atoms with van der Waals surface area (Å²) < 4.78 is 27.9. The lowest BCUT2D eigenvalue weighted by atomic mass is 10.1. The Morgan fingerprint density at radius 3 is 2.19 bits per heavy atom. The number of hydrogen-bond donors (Lipinski definition) is 2. The van der Waals surface area contributed by atoms with Crippen molar-refractivity contribution in [1.29, 1.82) is 0 Å². The fourth-order valence-corrected chi connectivity index (χ4v) is 4.93. The Labute approximate surface area is 189 Å². The number of piperidine rings is 1. The third-order valence-corrected chi connectivity index (χ3v) is 6.96. The molecular weight excluding hydrogens is 422 g/mol. The summed E-state index contributed by atoms with van der Waals surface area (Å²) in [5.74, 6) is -0.337. The van der Waals surface area contributed by atoms with Gasteiger partial charge in [-0.15, -0.1) is 0 Å². The van der Waals surface area contributed by atoms with Gasteiger partial charge in [0.15, 0.2) is 0 Å². The van der Waals surface area contributed by atoms with Gasteiger partial charge in [0, 0.05) is 25.3 Å². The third-order valence-electron chi connectivity index (χ3n) is 5.58. The number of para-hydroxylation sites is 1. The maximum Gasteiger partial charge on any atom is 0.261 e. The molecule has 0 radical (unpaired) electrons. The Balaban J connectivity index is 1.42. The van der Waals surface area contributed by atoms with E-state index in [9.17, 15) is 13.2 Å². The molecule has 0 atom stereocenters. The highest BCUT2D eigenvalue weighted by molar-refractivity contribution is 7.92. The van der Waals surface area contributed by atoms with E-state index in [1.807, 2.05) is 12.1 Å². The third kappa shape index (κ3) is 5.29. The SMILES string of the molecule is O=C(NCc1ccc(N2CCCCC2)cc1)c1ccccc1NS(=O)(=O)c1ccccc1. The summed E-state index contributed by atoms with van der Waals surface area (Å²) >= 11 is 0. The zero-order chi connectivity index (χ0) is 22.4. The average molecular weight is 450 g/mol. The normalized spacial score (nSPS) is 14.1. The van der Waals surface area contributed by atoms with Crippen LogP contribution in [0.5, 0.6) is 0 Å². The first-order valence-corrected chi connectivity index (χ1v) is 12.3. The summed E-state index contributed by atoms with van der Waals surface area (Å²) in [6.07, 6.45) is 3.75. The van der Waals surface area contributed by atoms with Gasteiger partial charge in [-0.05, 0) is 61.2 Å². The molecule has 1 fully saturated rings. The number of hydrogen-bond acceptors (Lipinski definition) is 4. The molecule has 1 aliphatic rings. The summed E-state index contributed by atoms with van der Waals surface area (Å²) in [6.45, 7) is 2.54. The van der Waals surface area contributed by atoms with Crippen LogP contribution >= 0.6 is 0 Å². The van der Waals surface area contributed by atoms with Crippen LogP contribution in [0.4, 0.5) is 11.4 Å². The van der Waals surface area contributed by atoms with Crippen LogP contribution < -0.4 is 14.9 Å². The second kappa shape index (κ2) is 9.87. The van der Waals surface area contributed by atoms with Crippen molar-refractivity contribution in [2.24, 2.45) is 0 Å².